The first-order chi connectivity index (χ1) is 13.5. The first-order valence-electron chi connectivity index (χ1n) is 8.44. The van der Waals surface area contributed by atoms with Gasteiger partial charge in [0.25, 0.3) is 0 Å². The Labute approximate surface area is 161 Å². The summed E-state index contributed by atoms with van der Waals surface area (Å²) in [5, 5.41) is 8.89. The van der Waals surface area contributed by atoms with Gasteiger partial charge in [-0.15, -0.1) is 0 Å². The average molecular weight is 376 g/mol. The second kappa shape index (κ2) is 8.27. The molecular formula is C21H17FN4O2. The largest absolute Gasteiger partial charge is 0.485 e. The van der Waals surface area contributed by atoms with Crippen molar-refractivity contribution in [2.45, 2.75) is 6.92 Å². The predicted molar refractivity (Wildman–Crippen MR) is 103 cm³/mol. The van der Waals surface area contributed by atoms with Gasteiger partial charge in [-0.1, -0.05) is 0 Å². The first kappa shape index (κ1) is 19.0. The molecule has 7 heteroatoms. The van der Waals surface area contributed by atoms with Crippen molar-refractivity contribution in [2.24, 2.45) is 0 Å². The lowest BCUT2D eigenvalue weighted by molar-refractivity contribution is -0.104. The van der Waals surface area contributed by atoms with Gasteiger partial charge in [-0.3, -0.25) is 9.78 Å². The van der Waals surface area contributed by atoms with Crippen molar-refractivity contribution < 1.29 is 13.9 Å². The monoisotopic (exact) mass is 376 g/mol. The molecule has 0 unspecified atom stereocenters. The molecule has 6 nitrogen and oxygen atoms in total. The lowest BCUT2D eigenvalue weighted by Gasteiger charge is -2.29. The molecule has 0 aliphatic carbocycles. The van der Waals surface area contributed by atoms with Crippen LogP contribution < -0.4 is 9.64 Å². The molecule has 3 rings (SSSR count). The summed E-state index contributed by atoms with van der Waals surface area (Å²) in [7, 11) is 1.84. The Kier molecular flexibility index (Phi) is 5.61. The summed E-state index contributed by atoms with van der Waals surface area (Å²) in [5.74, 6) is -0.218. The van der Waals surface area contributed by atoms with E-state index in [4.69, 9.17) is 10.00 Å². The van der Waals surface area contributed by atoms with Crippen LogP contribution in [0.5, 0.6) is 5.75 Å². The molecule has 0 atom stereocenters. The van der Waals surface area contributed by atoms with E-state index in [1.807, 2.05) is 30.1 Å². The van der Waals surface area contributed by atoms with Gasteiger partial charge in [-0.05, 0) is 30.7 Å². The number of fused-ring (bicyclic) bond motifs is 1. The molecule has 2 aromatic rings. The highest BCUT2D eigenvalue weighted by Crippen LogP contribution is 2.36. The summed E-state index contributed by atoms with van der Waals surface area (Å²) in [6, 6.07) is 6.87. The number of anilines is 1. The number of rotatable bonds is 5. The van der Waals surface area contributed by atoms with Crippen LogP contribution in [0.3, 0.4) is 0 Å². The minimum absolute atomic E-state index is 0.155. The van der Waals surface area contributed by atoms with Crippen LogP contribution in [0.4, 0.5) is 10.1 Å². The molecule has 0 saturated carbocycles. The van der Waals surface area contributed by atoms with Gasteiger partial charge in [-0.25, -0.2) is 9.37 Å². The summed E-state index contributed by atoms with van der Waals surface area (Å²) >= 11 is 0. The fourth-order valence-electron chi connectivity index (χ4n) is 2.81. The van der Waals surface area contributed by atoms with Gasteiger partial charge >= 0.3 is 0 Å². The number of ether oxygens (including phenoxy) is 1. The van der Waals surface area contributed by atoms with Gasteiger partial charge in [-0.2, -0.15) is 5.26 Å². The second-order valence-corrected chi connectivity index (χ2v) is 6.09. The quantitative estimate of drug-likeness (QED) is 0.344. The van der Waals surface area contributed by atoms with Crippen molar-refractivity contribution in [3.8, 4) is 11.8 Å². The normalized spacial score (nSPS) is 14.1. The van der Waals surface area contributed by atoms with E-state index in [1.165, 1.54) is 12.1 Å². The Morgan fingerprint density at radius 2 is 2.25 bits per heavy atom. The molecule has 0 bridgehead atoms. The molecule has 1 aliphatic heterocycles. The zero-order valence-corrected chi connectivity index (χ0v) is 15.4. The lowest BCUT2D eigenvalue weighted by Crippen LogP contribution is -2.26. The van der Waals surface area contributed by atoms with E-state index in [9.17, 15) is 9.18 Å². The van der Waals surface area contributed by atoms with Gasteiger partial charge in [0.1, 0.15) is 30.2 Å². The molecular weight excluding hydrogens is 359 g/mol. The summed E-state index contributed by atoms with van der Waals surface area (Å²) in [6.45, 7) is 1.83. The van der Waals surface area contributed by atoms with Crippen LogP contribution in [-0.2, 0) is 4.79 Å². The van der Waals surface area contributed by atoms with Crippen LogP contribution in [0.2, 0.25) is 0 Å². The van der Waals surface area contributed by atoms with Gasteiger partial charge in [0, 0.05) is 36.5 Å². The summed E-state index contributed by atoms with van der Waals surface area (Å²) in [5.41, 5.74) is 3.41. The number of halogens is 1. The van der Waals surface area contributed by atoms with Gasteiger partial charge in [0.15, 0.2) is 0 Å². The maximum Gasteiger partial charge on any atom is 0.150 e. The van der Waals surface area contributed by atoms with Crippen LogP contribution in [0.1, 0.15) is 12.6 Å². The molecule has 1 aliphatic rings. The fraction of sp³-hybridized carbons (Fsp3) is 0.143. The number of hydrogen-bond acceptors (Lipinski definition) is 6. The number of hydrogen-bond donors (Lipinski definition) is 0. The number of pyridine rings is 2. The lowest BCUT2D eigenvalue weighted by atomic mass is 9.99. The molecule has 0 radical (unpaired) electrons. The third kappa shape index (κ3) is 3.81. The molecule has 140 valence electrons. The number of likely N-dealkylation sites (N-methyl/N-ethyl adjacent to an activating group) is 1. The highest BCUT2D eigenvalue weighted by molar-refractivity contribution is 5.90. The molecule has 0 fully saturated rings. The molecule has 3 heterocycles. The SMILES string of the molecule is CC(=C/C#N)/C(C=O)=C/C1=C(N(C)c2cccnc2)COc2cc(F)cnc21. The molecule has 0 aromatic carbocycles. The Balaban J connectivity index is 2.22. The second-order valence-electron chi connectivity index (χ2n) is 6.09. The van der Waals surface area contributed by atoms with Gasteiger partial charge < -0.3 is 9.64 Å². The van der Waals surface area contributed by atoms with Crippen molar-refractivity contribution in [1.82, 2.24) is 9.97 Å². The fourth-order valence-corrected chi connectivity index (χ4v) is 2.81. The van der Waals surface area contributed by atoms with E-state index in [2.05, 4.69) is 9.97 Å². The van der Waals surface area contributed by atoms with Gasteiger partial charge in [0.05, 0.1) is 29.8 Å². The number of aromatic nitrogens is 2. The van der Waals surface area contributed by atoms with E-state index >= 15 is 0 Å². The zero-order valence-electron chi connectivity index (χ0n) is 15.4. The average Bonchev–Trinajstić information content (AvgIpc) is 2.71. The van der Waals surface area contributed by atoms with E-state index in [0.717, 1.165) is 17.6 Å². The Bertz CT molecular complexity index is 1040. The Morgan fingerprint density at radius 1 is 1.43 bits per heavy atom. The highest BCUT2D eigenvalue weighted by atomic mass is 19.1. The minimum atomic E-state index is -0.512. The van der Waals surface area contributed by atoms with E-state index in [1.54, 1.807) is 25.4 Å². The van der Waals surface area contributed by atoms with Crippen molar-refractivity contribution in [1.29, 1.82) is 5.26 Å². The number of carbonyl (C=O) groups excluding carboxylic acids is 1. The molecule has 0 saturated heterocycles. The summed E-state index contributed by atoms with van der Waals surface area (Å²) < 4.78 is 19.3. The standard InChI is InChI=1S/C21H17FN4O2/c1-14(5-6-23)15(12-27)8-18-19(26(2)17-4-3-7-24-11-17)13-28-20-9-16(22)10-25-21(18)20/h3-5,7-12H,13H2,1-2H3/b14-5-,15-8+. The van der Waals surface area contributed by atoms with Crippen LogP contribution in [0, 0.1) is 17.1 Å². The number of allylic oxidation sites excluding steroid dienone is 5. The van der Waals surface area contributed by atoms with E-state index in [0.29, 0.717) is 34.4 Å². The number of aldehydes is 1. The third-order valence-electron chi connectivity index (χ3n) is 4.35. The number of nitrogens with zero attached hydrogens (tertiary/aromatic N) is 4. The van der Waals surface area contributed by atoms with Crippen molar-refractivity contribution in [3.05, 3.63) is 77.3 Å². The molecule has 2 aromatic heterocycles. The number of carbonyl (C=O) groups is 1. The number of nitriles is 1. The Hall–Kier alpha value is -3.79. The highest BCUT2D eigenvalue weighted by Gasteiger charge is 2.24. The third-order valence-corrected chi connectivity index (χ3v) is 4.35. The van der Waals surface area contributed by atoms with Crippen molar-refractivity contribution in [2.75, 3.05) is 18.6 Å². The molecule has 0 amide bonds. The van der Waals surface area contributed by atoms with Crippen molar-refractivity contribution in [3.63, 3.8) is 0 Å². The van der Waals surface area contributed by atoms with Gasteiger partial charge in [0.2, 0.25) is 0 Å². The minimum Gasteiger partial charge on any atom is -0.485 e. The maximum absolute atomic E-state index is 13.6. The Morgan fingerprint density at radius 3 is 2.93 bits per heavy atom. The summed E-state index contributed by atoms with van der Waals surface area (Å²) in [4.78, 5) is 21.8. The van der Waals surface area contributed by atoms with E-state index < -0.39 is 5.82 Å². The smallest absolute Gasteiger partial charge is 0.150 e. The molecule has 0 spiro atoms. The first-order valence-corrected chi connectivity index (χ1v) is 8.44. The maximum atomic E-state index is 13.6. The van der Waals surface area contributed by atoms with Crippen molar-refractivity contribution >= 4 is 17.5 Å². The molecule has 0 N–H and O–H groups in total. The van der Waals surface area contributed by atoms with Crippen LogP contribution in [0.15, 0.2) is 65.8 Å². The molecule has 28 heavy (non-hydrogen) atoms. The summed E-state index contributed by atoms with van der Waals surface area (Å²) in [6.07, 6.45) is 8.08. The van der Waals surface area contributed by atoms with Crippen LogP contribution in [-0.4, -0.2) is 29.9 Å². The van der Waals surface area contributed by atoms with Crippen LogP contribution in [0.25, 0.3) is 5.57 Å². The predicted octanol–water partition coefficient (Wildman–Crippen LogP) is 3.45. The zero-order chi connectivity index (χ0) is 20.1. The topological polar surface area (TPSA) is 79.1 Å². The van der Waals surface area contributed by atoms with E-state index in [-0.39, 0.29) is 6.61 Å². The van der Waals surface area contributed by atoms with Crippen LogP contribution >= 0.6 is 0 Å².